The normalized spacial score (nSPS) is 49.0. The van der Waals surface area contributed by atoms with Gasteiger partial charge in [0.2, 0.25) is 0 Å². The van der Waals surface area contributed by atoms with Crippen LogP contribution in [0.1, 0.15) is 0 Å². The molecule has 6 nitrogen and oxygen atoms in total. The molecule has 7 heteroatoms. The summed E-state index contributed by atoms with van der Waals surface area (Å²) in [6.07, 6.45) is -4.06. The number of aliphatic hydroxyl groups excluding tert-OH is 3. The van der Waals surface area contributed by atoms with Crippen LogP contribution in [0.3, 0.4) is 0 Å². The van der Waals surface area contributed by atoms with E-state index in [1.807, 2.05) is 9.88 Å². The Morgan fingerprint density at radius 1 is 1.13 bits per heavy atom. The molecule has 15 heavy (non-hydrogen) atoms. The molecular weight excluding hydrogens is 311 g/mol. The molecule has 2 fully saturated rings. The fourth-order valence-electron chi connectivity index (χ4n) is 2.00. The van der Waals surface area contributed by atoms with Gasteiger partial charge in [0.25, 0.3) is 0 Å². The van der Waals surface area contributed by atoms with Crippen molar-refractivity contribution in [3.63, 3.8) is 0 Å². The predicted molar refractivity (Wildman–Crippen MR) is 51.2 cm³/mol. The number of hydrogen-bond donors (Lipinski definition) is 3. The van der Waals surface area contributed by atoms with Gasteiger partial charge in [-0.1, -0.05) is 0 Å². The standard InChI is InChI=1S/C6H10O6.2CH3.Sn/c7-1-2-3(8)4(9)5(10)6(11)12-2;;;/h2-8,11H,1H2;2*1H3;/q-2;;;+2/t2-,3-,4+,5-,6-;;;/m1.../s1. The van der Waals surface area contributed by atoms with Gasteiger partial charge in [-0.05, 0) is 0 Å². The summed E-state index contributed by atoms with van der Waals surface area (Å²) in [5, 5.41) is 28.4. The van der Waals surface area contributed by atoms with Crippen molar-refractivity contribution in [2.45, 2.75) is 40.6 Å². The van der Waals surface area contributed by atoms with Crippen LogP contribution in [0.25, 0.3) is 0 Å². The molecule has 0 aliphatic carbocycles. The van der Waals surface area contributed by atoms with Gasteiger partial charge in [0, 0.05) is 0 Å². The van der Waals surface area contributed by atoms with E-state index in [1.54, 1.807) is 0 Å². The van der Waals surface area contributed by atoms with Crippen LogP contribution in [-0.4, -0.2) is 71.8 Å². The first-order chi connectivity index (χ1) is 6.94. The van der Waals surface area contributed by atoms with Gasteiger partial charge >= 0.3 is 92.6 Å². The Hall–Kier alpha value is 0.559. The monoisotopic (exact) mass is 328 g/mol. The Kier molecular flexibility index (Phi) is 3.29. The van der Waals surface area contributed by atoms with E-state index >= 15 is 0 Å². The van der Waals surface area contributed by atoms with E-state index in [4.69, 9.17) is 16.0 Å². The van der Waals surface area contributed by atoms with Gasteiger partial charge in [-0.2, -0.15) is 0 Å². The third kappa shape index (κ3) is 2.17. The van der Waals surface area contributed by atoms with Gasteiger partial charge in [-0.15, -0.1) is 0 Å². The van der Waals surface area contributed by atoms with Crippen molar-refractivity contribution in [2.75, 3.05) is 6.61 Å². The maximum absolute atomic E-state index is 9.82. The molecular formula is C8H16O6Sn. The third-order valence-corrected chi connectivity index (χ3v) is 7.45. The molecule has 0 aromatic rings. The Bertz CT molecular complexity index is 247. The first-order valence-corrected chi connectivity index (χ1v) is 13.0. The molecule has 2 aliphatic heterocycles. The van der Waals surface area contributed by atoms with E-state index in [0.29, 0.717) is 0 Å². The van der Waals surface area contributed by atoms with Crippen LogP contribution in [-0.2, 0) is 10.9 Å². The number of ether oxygens (including phenoxy) is 1. The Balaban J connectivity index is 2.16. The summed E-state index contributed by atoms with van der Waals surface area (Å²) in [5.41, 5.74) is 0. The molecule has 3 N–H and O–H groups in total. The fourth-order valence-corrected chi connectivity index (χ4v) is 7.40. The molecule has 0 amide bonds. The van der Waals surface area contributed by atoms with Crippen LogP contribution in [0, 0.1) is 0 Å². The van der Waals surface area contributed by atoms with E-state index < -0.39 is 49.9 Å². The molecule has 0 radical (unpaired) electrons. The fraction of sp³-hybridized carbons (Fsp3) is 1.00. The maximum atomic E-state index is 9.82. The summed E-state index contributed by atoms with van der Waals surface area (Å²) in [7, 11) is 0. The van der Waals surface area contributed by atoms with E-state index in [2.05, 4.69) is 0 Å². The molecule has 2 rings (SSSR count). The zero-order chi connectivity index (χ0) is 11.2. The zero-order valence-electron chi connectivity index (χ0n) is 8.66. The molecule has 0 spiro atoms. The summed E-state index contributed by atoms with van der Waals surface area (Å²) in [6, 6.07) is 0. The van der Waals surface area contributed by atoms with Crippen molar-refractivity contribution in [1.29, 1.82) is 0 Å². The topological polar surface area (TPSA) is 88.4 Å². The molecule has 2 aliphatic rings. The molecule has 0 aromatic carbocycles. The van der Waals surface area contributed by atoms with Gasteiger partial charge in [0.15, 0.2) is 0 Å². The van der Waals surface area contributed by atoms with E-state index in [9.17, 15) is 10.2 Å². The van der Waals surface area contributed by atoms with Gasteiger partial charge in [-0.3, -0.25) is 0 Å². The summed E-state index contributed by atoms with van der Waals surface area (Å²) in [5.74, 6) is 0. The quantitative estimate of drug-likeness (QED) is 0.511. The van der Waals surface area contributed by atoms with Crippen molar-refractivity contribution in [3.8, 4) is 0 Å². The number of fused-ring (bicyclic) bond motifs is 1. The first-order valence-electron chi connectivity index (χ1n) is 4.93. The van der Waals surface area contributed by atoms with Crippen molar-refractivity contribution in [2.24, 2.45) is 0 Å². The SMILES string of the molecule is [CH3][Sn]1([CH3])[O][C@@H]2[C@@H]([O]1)[C@H](O)[C@@H](CO)O[C@H]2O. The molecule has 2 heterocycles. The van der Waals surface area contributed by atoms with Crippen LogP contribution in [0.2, 0.25) is 9.88 Å². The number of hydrogen-bond acceptors (Lipinski definition) is 6. The molecule has 5 atom stereocenters. The Morgan fingerprint density at radius 2 is 1.73 bits per heavy atom. The predicted octanol–water partition coefficient (Wildman–Crippen LogP) is -1.46. The van der Waals surface area contributed by atoms with E-state index in [0.717, 1.165) is 0 Å². The van der Waals surface area contributed by atoms with E-state index in [-0.39, 0.29) is 6.61 Å². The van der Waals surface area contributed by atoms with E-state index in [1.165, 1.54) is 0 Å². The summed E-state index contributed by atoms with van der Waals surface area (Å²) < 4.78 is 16.3. The van der Waals surface area contributed by atoms with Gasteiger partial charge in [-0.25, -0.2) is 0 Å². The second kappa shape index (κ2) is 4.10. The average molecular weight is 327 g/mol. The van der Waals surface area contributed by atoms with Crippen LogP contribution in [0.5, 0.6) is 0 Å². The second-order valence-electron chi connectivity index (χ2n) is 4.30. The van der Waals surface area contributed by atoms with Crippen LogP contribution in [0.15, 0.2) is 0 Å². The number of aliphatic hydroxyl groups is 3. The third-order valence-electron chi connectivity index (χ3n) is 2.66. The summed E-state index contributed by atoms with van der Waals surface area (Å²) >= 11 is -3.00. The molecule has 88 valence electrons. The van der Waals surface area contributed by atoms with Gasteiger partial charge in [0.05, 0.1) is 0 Å². The second-order valence-corrected chi connectivity index (χ2v) is 13.6. The molecule has 0 bridgehead atoms. The average Bonchev–Trinajstić information content (AvgIpc) is 2.48. The Morgan fingerprint density at radius 3 is 2.33 bits per heavy atom. The molecule has 0 saturated carbocycles. The van der Waals surface area contributed by atoms with Crippen molar-refractivity contribution < 1.29 is 26.2 Å². The van der Waals surface area contributed by atoms with Crippen molar-refractivity contribution in [3.05, 3.63) is 0 Å². The summed E-state index contributed by atoms with van der Waals surface area (Å²) in [6.45, 7) is -0.346. The zero-order valence-corrected chi connectivity index (χ0v) is 11.5. The van der Waals surface area contributed by atoms with Crippen LogP contribution in [0.4, 0.5) is 0 Å². The van der Waals surface area contributed by atoms with Gasteiger partial charge < -0.3 is 0 Å². The first kappa shape index (κ1) is 12.0. The van der Waals surface area contributed by atoms with Crippen molar-refractivity contribution in [1.82, 2.24) is 0 Å². The molecule has 0 unspecified atom stereocenters. The minimum absolute atomic E-state index is 0.346. The van der Waals surface area contributed by atoms with Crippen LogP contribution >= 0.6 is 0 Å². The van der Waals surface area contributed by atoms with Crippen LogP contribution < -0.4 is 0 Å². The minimum atomic E-state index is -3.00. The number of rotatable bonds is 1. The molecule has 2 saturated heterocycles. The van der Waals surface area contributed by atoms with Gasteiger partial charge in [0.1, 0.15) is 0 Å². The Labute approximate surface area is 92.7 Å². The summed E-state index contributed by atoms with van der Waals surface area (Å²) in [4.78, 5) is 3.81. The van der Waals surface area contributed by atoms with Crippen molar-refractivity contribution >= 4 is 19.2 Å². The molecule has 0 aromatic heterocycles.